The molecule has 5 nitrogen and oxygen atoms in total. The van der Waals surface area contributed by atoms with Gasteiger partial charge in [-0.15, -0.1) is 0 Å². The lowest BCUT2D eigenvalue weighted by Gasteiger charge is -2.30. The van der Waals surface area contributed by atoms with E-state index < -0.39 is 0 Å². The van der Waals surface area contributed by atoms with Gasteiger partial charge in [-0.1, -0.05) is 30.3 Å². The standard InChI is InChI=1S/C19H21N3O2/c1-21-8-10-22(11-9-21)20-18(23)12-15-13-24-17-7-6-14-4-2-3-5-16(14)19(15)17/h2-7,13H,8-12H2,1H3,(H,20,23)/p+1. The number of nitrogens with zero attached hydrogens (tertiary/aromatic N) is 1. The molecule has 4 rings (SSSR count). The Morgan fingerprint density at radius 1 is 1.21 bits per heavy atom. The summed E-state index contributed by atoms with van der Waals surface area (Å²) in [7, 11) is 2.18. The molecule has 24 heavy (non-hydrogen) atoms. The minimum absolute atomic E-state index is 0.0187. The van der Waals surface area contributed by atoms with Crippen molar-refractivity contribution in [2.24, 2.45) is 0 Å². The normalized spacial score (nSPS) is 16.7. The molecule has 1 aromatic heterocycles. The molecular formula is C19H22N3O2+. The Morgan fingerprint density at radius 2 is 2.00 bits per heavy atom. The van der Waals surface area contributed by atoms with Gasteiger partial charge in [0.05, 0.1) is 45.9 Å². The van der Waals surface area contributed by atoms with Crippen molar-refractivity contribution < 1.29 is 14.1 Å². The van der Waals surface area contributed by atoms with E-state index in [2.05, 4.69) is 30.7 Å². The van der Waals surface area contributed by atoms with E-state index in [1.807, 2.05) is 23.2 Å². The molecule has 1 saturated heterocycles. The fourth-order valence-electron chi connectivity index (χ4n) is 3.39. The van der Waals surface area contributed by atoms with Crippen molar-refractivity contribution in [2.45, 2.75) is 6.42 Å². The first-order chi connectivity index (χ1) is 11.7. The van der Waals surface area contributed by atoms with Crippen molar-refractivity contribution >= 4 is 27.6 Å². The van der Waals surface area contributed by atoms with Crippen molar-refractivity contribution in [1.29, 1.82) is 0 Å². The third-order valence-electron chi connectivity index (χ3n) is 4.79. The van der Waals surface area contributed by atoms with Crippen LogP contribution in [0.4, 0.5) is 0 Å². The molecule has 1 aliphatic rings. The number of hydrazine groups is 1. The summed E-state index contributed by atoms with van der Waals surface area (Å²) in [4.78, 5) is 13.9. The lowest BCUT2D eigenvalue weighted by molar-refractivity contribution is -0.884. The third-order valence-corrected chi connectivity index (χ3v) is 4.79. The van der Waals surface area contributed by atoms with Gasteiger partial charge in [0.1, 0.15) is 5.58 Å². The average Bonchev–Trinajstić information content (AvgIpc) is 3.00. The van der Waals surface area contributed by atoms with Crippen molar-refractivity contribution in [1.82, 2.24) is 10.4 Å². The second-order valence-corrected chi connectivity index (χ2v) is 6.58. The van der Waals surface area contributed by atoms with E-state index in [0.29, 0.717) is 6.42 Å². The van der Waals surface area contributed by atoms with E-state index in [0.717, 1.165) is 53.5 Å². The number of fused-ring (bicyclic) bond motifs is 3. The Hall–Kier alpha value is -2.37. The topological polar surface area (TPSA) is 49.9 Å². The second-order valence-electron chi connectivity index (χ2n) is 6.58. The van der Waals surface area contributed by atoms with Crippen LogP contribution in [0.25, 0.3) is 21.7 Å². The molecule has 0 radical (unpaired) electrons. The monoisotopic (exact) mass is 324 g/mol. The van der Waals surface area contributed by atoms with E-state index >= 15 is 0 Å². The molecule has 1 fully saturated rings. The van der Waals surface area contributed by atoms with Crippen LogP contribution < -0.4 is 10.3 Å². The van der Waals surface area contributed by atoms with Gasteiger partial charge in [0, 0.05) is 10.9 Å². The molecule has 0 saturated carbocycles. The molecule has 1 aliphatic heterocycles. The summed E-state index contributed by atoms with van der Waals surface area (Å²) in [5.74, 6) is 0.0187. The number of hydrogen-bond acceptors (Lipinski definition) is 3. The predicted molar refractivity (Wildman–Crippen MR) is 93.8 cm³/mol. The first-order valence-corrected chi connectivity index (χ1v) is 8.44. The van der Waals surface area contributed by atoms with Crippen LogP contribution in [0.5, 0.6) is 0 Å². The van der Waals surface area contributed by atoms with Crippen molar-refractivity contribution in [3.05, 3.63) is 48.2 Å². The number of nitrogens with one attached hydrogen (secondary N) is 2. The van der Waals surface area contributed by atoms with Gasteiger partial charge in [-0.3, -0.25) is 10.2 Å². The zero-order chi connectivity index (χ0) is 16.5. The highest BCUT2D eigenvalue weighted by molar-refractivity contribution is 6.08. The third kappa shape index (κ3) is 2.88. The highest BCUT2D eigenvalue weighted by Crippen LogP contribution is 2.30. The van der Waals surface area contributed by atoms with Crippen molar-refractivity contribution in [3.63, 3.8) is 0 Å². The number of benzene rings is 2. The van der Waals surface area contributed by atoms with Crippen LogP contribution in [0.3, 0.4) is 0 Å². The molecule has 1 amide bonds. The zero-order valence-corrected chi connectivity index (χ0v) is 13.8. The molecule has 124 valence electrons. The van der Waals surface area contributed by atoms with Crippen LogP contribution in [0, 0.1) is 0 Å². The Labute approximate surface area is 140 Å². The molecular weight excluding hydrogens is 302 g/mol. The first-order valence-electron chi connectivity index (χ1n) is 8.44. The summed E-state index contributed by atoms with van der Waals surface area (Å²) < 4.78 is 5.67. The van der Waals surface area contributed by atoms with Gasteiger partial charge in [-0.05, 0) is 16.8 Å². The summed E-state index contributed by atoms with van der Waals surface area (Å²) in [6, 6.07) is 12.2. The highest BCUT2D eigenvalue weighted by Gasteiger charge is 2.19. The number of carbonyl (C=O) groups excluding carboxylic acids is 1. The maximum absolute atomic E-state index is 12.4. The number of likely N-dealkylation sites (N-methyl/N-ethyl adjacent to an activating group) is 1. The maximum Gasteiger partial charge on any atom is 0.238 e. The van der Waals surface area contributed by atoms with Crippen molar-refractivity contribution in [2.75, 3.05) is 33.2 Å². The summed E-state index contributed by atoms with van der Waals surface area (Å²) in [5, 5.41) is 5.37. The van der Waals surface area contributed by atoms with Crippen LogP contribution in [-0.4, -0.2) is 44.1 Å². The average molecular weight is 324 g/mol. The zero-order valence-electron chi connectivity index (χ0n) is 13.8. The van der Waals surface area contributed by atoms with Crippen LogP contribution >= 0.6 is 0 Å². The molecule has 0 spiro atoms. The number of piperazine rings is 1. The van der Waals surface area contributed by atoms with Gasteiger partial charge in [-0.25, -0.2) is 5.01 Å². The molecule has 2 heterocycles. The summed E-state index contributed by atoms with van der Waals surface area (Å²) in [5.41, 5.74) is 4.81. The van der Waals surface area contributed by atoms with E-state index in [-0.39, 0.29) is 5.91 Å². The lowest BCUT2D eigenvalue weighted by atomic mass is 10.0. The predicted octanol–water partition coefficient (Wildman–Crippen LogP) is 0.990. The Balaban J connectivity index is 1.56. The van der Waals surface area contributed by atoms with Gasteiger partial charge in [0.25, 0.3) is 0 Å². The quantitative estimate of drug-likeness (QED) is 0.755. The molecule has 2 aromatic carbocycles. The van der Waals surface area contributed by atoms with Gasteiger partial charge >= 0.3 is 0 Å². The van der Waals surface area contributed by atoms with E-state index in [1.54, 1.807) is 6.26 Å². The number of carbonyl (C=O) groups is 1. The smallest absolute Gasteiger partial charge is 0.238 e. The van der Waals surface area contributed by atoms with Gasteiger partial charge < -0.3 is 9.32 Å². The number of furan rings is 1. The first kappa shape index (κ1) is 15.2. The Bertz CT molecular complexity index is 879. The van der Waals surface area contributed by atoms with E-state index in [1.165, 1.54) is 4.90 Å². The SMILES string of the molecule is C[NH+]1CCN(NC(=O)Cc2coc3ccc4ccccc4c23)CC1. The Kier molecular flexibility index (Phi) is 3.96. The number of amides is 1. The highest BCUT2D eigenvalue weighted by atomic mass is 16.3. The number of hydrogen-bond donors (Lipinski definition) is 2. The largest absolute Gasteiger partial charge is 0.464 e. The van der Waals surface area contributed by atoms with Crippen molar-refractivity contribution in [3.8, 4) is 0 Å². The summed E-state index contributed by atoms with van der Waals surface area (Å²) >= 11 is 0. The summed E-state index contributed by atoms with van der Waals surface area (Å²) in [6.07, 6.45) is 2.05. The minimum atomic E-state index is 0.0187. The van der Waals surface area contributed by atoms with Gasteiger partial charge in [0.15, 0.2) is 0 Å². The fraction of sp³-hybridized carbons (Fsp3) is 0.316. The lowest BCUT2D eigenvalue weighted by Crippen LogP contribution is -3.12. The molecule has 0 aliphatic carbocycles. The van der Waals surface area contributed by atoms with Gasteiger partial charge in [0.2, 0.25) is 5.91 Å². The van der Waals surface area contributed by atoms with Crippen LogP contribution in [-0.2, 0) is 11.2 Å². The van der Waals surface area contributed by atoms with Crippen LogP contribution in [0.2, 0.25) is 0 Å². The molecule has 0 atom stereocenters. The van der Waals surface area contributed by atoms with Gasteiger partial charge in [-0.2, -0.15) is 0 Å². The van der Waals surface area contributed by atoms with Crippen LogP contribution in [0.15, 0.2) is 47.1 Å². The maximum atomic E-state index is 12.4. The second kappa shape index (κ2) is 6.26. The van der Waals surface area contributed by atoms with E-state index in [4.69, 9.17) is 4.42 Å². The minimum Gasteiger partial charge on any atom is -0.464 e. The molecule has 5 heteroatoms. The fourth-order valence-corrected chi connectivity index (χ4v) is 3.39. The number of rotatable bonds is 3. The van der Waals surface area contributed by atoms with E-state index in [9.17, 15) is 4.79 Å². The molecule has 3 aromatic rings. The Morgan fingerprint density at radius 3 is 2.83 bits per heavy atom. The molecule has 0 bridgehead atoms. The molecule has 2 N–H and O–H groups in total. The van der Waals surface area contributed by atoms with Crippen LogP contribution in [0.1, 0.15) is 5.56 Å². The number of quaternary nitrogens is 1. The molecule has 0 unspecified atom stereocenters. The summed E-state index contributed by atoms with van der Waals surface area (Å²) in [6.45, 7) is 3.90.